The molecule has 1 aliphatic carbocycles. The highest BCUT2D eigenvalue weighted by Gasteiger charge is 2.25. The van der Waals surface area contributed by atoms with Crippen LogP contribution in [-0.4, -0.2) is 29.7 Å². The number of ether oxygens (including phenoxy) is 3. The first-order valence-corrected chi connectivity index (χ1v) is 9.78. The molecular formula is C22H25NO5. The quantitative estimate of drug-likeness (QED) is 0.561. The maximum absolute atomic E-state index is 12.6. The molecule has 0 unspecified atom stereocenters. The highest BCUT2D eigenvalue weighted by Crippen LogP contribution is 2.33. The smallest absolute Gasteiger partial charge is 0.309 e. The van der Waals surface area contributed by atoms with Crippen molar-refractivity contribution in [3.63, 3.8) is 0 Å². The van der Waals surface area contributed by atoms with Gasteiger partial charge in [-0.25, -0.2) is 0 Å². The Balaban J connectivity index is 1.44. The fourth-order valence-electron chi connectivity index (χ4n) is 4.04. The molecule has 0 amide bonds. The van der Waals surface area contributed by atoms with E-state index < -0.39 is 0 Å². The molecule has 0 atom stereocenters. The average Bonchev–Trinajstić information content (AvgIpc) is 3.42. The SMILES string of the molecule is Cc1cc(C(=O)COC(=O)C2CCCC2)c(C)n1Cc1ccc2c(c1)OCO2. The first-order chi connectivity index (χ1) is 13.5. The lowest BCUT2D eigenvalue weighted by Gasteiger charge is -2.11. The van der Waals surface area contributed by atoms with Crippen molar-refractivity contribution in [1.82, 2.24) is 4.57 Å². The lowest BCUT2D eigenvalue weighted by atomic mass is 10.1. The fraction of sp³-hybridized carbons (Fsp3) is 0.455. The van der Waals surface area contributed by atoms with E-state index in [9.17, 15) is 9.59 Å². The van der Waals surface area contributed by atoms with Gasteiger partial charge in [-0.05, 0) is 50.5 Å². The van der Waals surface area contributed by atoms with Crippen LogP contribution in [0.25, 0.3) is 0 Å². The third kappa shape index (κ3) is 3.63. The number of aromatic nitrogens is 1. The zero-order chi connectivity index (χ0) is 19.7. The second-order valence-corrected chi connectivity index (χ2v) is 7.57. The predicted octanol–water partition coefficient (Wildman–Crippen LogP) is 3.80. The summed E-state index contributed by atoms with van der Waals surface area (Å²) in [6.07, 6.45) is 3.87. The molecule has 1 aliphatic heterocycles. The molecule has 0 bridgehead atoms. The molecule has 1 aromatic heterocycles. The number of fused-ring (bicyclic) bond motifs is 1. The second kappa shape index (κ2) is 7.70. The van der Waals surface area contributed by atoms with E-state index in [0.29, 0.717) is 12.1 Å². The fourth-order valence-corrected chi connectivity index (χ4v) is 4.04. The highest BCUT2D eigenvalue weighted by molar-refractivity contribution is 5.99. The summed E-state index contributed by atoms with van der Waals surface area (Å²) < 4.78 is 18.2. The summed E-state index contributed by atoms with van der Waals surface area (Å²) in [6, 6.07) is 7.73. The van der Waals surface area contributed by atoms with Crippen molar-refractivity contribution in [3.05, 3.63) is 46.8 Å². The van der Waals surface area contributed by atoms with Crippen LogP contribution in [0, 0.1) is 19.8 Å². The van der Waals surface area contributed by atoms with Crippen LogP contribution in [0.5, 0.6) is 11.5 Å². The zero-order valence-electron chi connectivity index (χ0n) is 16.3. The minimum atomic E-state index is -0.236. The van der Waals surface area contributed by atoms with Gasteiger partial charge in [0.15, 0.2) is 18.1 Å². The Bertz CT molecular complexity index is 908. The van der Waals surface area contributed by atoms with Crippen LogP contribution in [-0.2, 0) is 16.1 Å². The van der Waals surface area contributed by atoms with Gasteiger partial charge in [0, 0.05) is 23.5 Å². The molecule has 0 spiro atoms. The van der Waals surface area contributed by atoms with Crippen molar-refractivity contribution in [3.8, 4) is 11.5 Å². The number of aryl methyl sites for hydroxylation is 1. The highest BCUT2D eigenvalue weighted by atomic mass is 16.7. The minimum absolute atomic E-state index is 0.0359. The molecule has 0 N–H and O–H groups in total. The maximum Gasteiger partial charge on any atom is 0.309 e. The number of carbonyl (C=O) groups excluding carboxylic acids is 2. The third-order valence-corrected chi connectivity index (χ3v) is 5.69. The molecule has 4 rings (SSSR count). The first-order valence-electron chi connectivity index (χ1n) is 9.78. The van der Waals surface area contributed by atoms with Gasteiger partial charge in [-0.2, -0.15) is 0 Å². The second-order valence-electron chi connectivity index (χ2n) is 7.57. The summed E-state index contributed by atoms with van der Waals surface area (Å²) in [5, 5.41) is 0. The number of hydrogen-bond acceptors (Lipinski definition) is 5. The largest absolute Gasteiger partial charge is 0.457 e. The van der Waals surface area contributed by atoms with E-state index in [4.69, 9.17) is 14.2 Å². The van der Waals surface area contributed by atoms with Crippen molar-refractivity contribution in [2.24, 2.45) is 5.92 Å². The average molecular weight is 383 g/mol. The lowest BCUT2D eigenvalue weighted by molar-refractivity contribution is -0.147. The molecule has 6 nitrogen and oxygen atoms in total. The van der Waals surface area contributed by atoms with E-state index in [0.717, 1.165) is 54.1 Å². The van der Waals surface area contributed by atoms with Gasteiger partial charge in [0.1, 0.15) is 0 Å². The van der Waals surface area contributed by atoms with Gasteiger partial charge in [-0.3, -0.25) is 9.59 Å². The predicted molar refractivity (Wildman–Crippen MR) is 103 cm³/mol. The molecule has 0 radical (unpaired) electrons. The number of rotatable bonds is 6. The molecule has 2 aliphatic rings. The summed E-state index contributed by atoms with van der Waals surface area (Å²) in [5.74, 6) is 1.07. The van der Waals surface area contributed by atoms with Crippen LogP contribution in [0.15, 0.2) is 24.3 Å². The van der Waals surface area contributed by atoms with Crippen molar-refractivity contribution in [2.75, 3.05) is 13.4 Å². The summed E-state index contributed by atoms with van der Waals surface area (Å²) in [5.41, 5.74) is 3.54. The number of nitrogens with zero attached hydrogens (tertiary/aromatic N) is 1. The molecule has 0 saturated heterocycles. The standard InChI is InChI=1S/C22H25NO5/c1-14-9-18(19(24)12-26-22(25)17-5-3-4-6-17)15(2)23(14)11-16-7-8-20-21(10-16)28-13-27-20/h7-10,17H,3-6,11-13H2,1-2H3. The van der Waals surface area contributed by atoms with Crippen LogP contribution in [0.4, 0.5) is 0 Å². The summed E-state index contributed by atoms with van der Waals surface area (Å²) in [6.45, 7) is 4.58. The van der Waals surface area contributed by atoms with Crippen molar-refractivity contribution >= 4 is 11.8 Å². The Labute approximate surface area is 164 Å². The van der Waals surface area contributed by atoms with Crippen LogP contribution in [0.3, 0.4) is 0 Å². The number of carbonyl (C=O) groups is 2. The van der Waals surface area contributed by atoms with E-state index in [1.165, 1.54) is 0 Å². The van der Waals surface area contributed by atoms with Gasteiger partial charge in [0.2, 0.25) is 12.6 Å². The molecule has 2 heterocycles. The Kier molecular flexibility index (Phi) is 5.11. The number of Topliss-reactive ketones (excluding diaryl/α,β-unsaturated/α-hetero) is 1. The molecular weight excluding hydrogens is 358 g/mol. The number of ketones is 1. The summed E-state index contributed by atoms with van der Waals surface area (Å²) >= 11 is 0. The normalized spacial score (nSPS) is 15.8. The Morgan fingerprint density at radius 3 is 2.64 bits per heavy atom. The molecule has 1 saturated carbocycles. The van der Waals surface area contributed by atoms with Crippen LogP contribution >= 0.6 is 0 Å². The topological polar surface area (TPSA) is 66.8 Å². The van der Waals surface area contributed by atoms with Crippen LogP contribution < -0.4 is 9.47 Å². The minimum Gasteiger partial charge on any atom is -0.457 e. The first kappa shape index (κ1) is 18.6. The summed E-state index contributed by atoms with van der Waals surface area (Å²) in [4.78, 5) is 24.7. The van der Waals surface area contributed by atoms with Crippen LogP contribution in [0.1, 0.15) is 53.0 Å². The maximum atomic E-state index is 12.6. The van der Waals surface area contributed by atoms with Gasteiger partial charge in [0.05, 0.1) is 5.92 Å². The van der Waals surface area contributed by atoms with Gasteiger partial charge < -0.3 is 18.8 Å². The monoisotopic (exact) mass is 383 g/mol. The van der Waals surface area contributed by atoms with E-state index >= 15 is 0 Å². The van der Waals surface area contributed by atoms with Gasteiger partial charge in [0.25, 0.3) is 0 Å². The summed E-state index contributed by atoms with van der Waals surface area (Å²) in [7, 11) is 0. The van der Waals surface area contributed by atoms with Crippen molar-refractivity contribution < 1.29 is 23.8 Å². The molecule has 148 valence electrons. The van der Waals surface area contributed by atoms with E-state index in [-0.39, 0.29) is 31.1 Å². The van der Waals surface area contributed by atoms with Crippen molar-refractivity contribution in [2.45, 2.75) is 46.1 Å². The van der Waals surface area contributed by atoms with Crippen LogP contribution in [0.2, 0.25) is 0 Å². The molecule has 28 heavy (non-hydrogen) atoms. The van der Waals surface area contributed by atoms with E-state index in [2.05, 4.69) is 4.57 Å². The van der Waals surface area contributed by atoms with Gasteiger partial charge >= 0.3 is 5.97 Å². The molecule has 2 aromatic rings. The number of hydrogen-bond donors (Lipinski definition) is 0. The lowest BCUT2D eigenvalue weighted by Crippen LogP contribution is -2.20. The van der Waals surface area contributed by atoms with E-state index in [1.807, 2.05) is 38.1 Å². The molecule has 1 aromatic carbocycles. The van der Waals surface area contributed by atoms with E-state index in [1.54, 1.807) is 0 Å². The van der Waals surface area contributed by atoms with Gasteiger partial charge in [-0.15, -0.1) is 0 Å². The van der Waals surface area contributed by atoms with Crippen molar-refractivity contribution in [1.29, 1.82) is 0 Å². The molecule has 1 fully saturated rings. The zero-order valence-corrected chi connectivity index (χ0v) is 16.3. The Hall–Kier alpha value is -2.76. The number of benzene rings is 1. The Morgan fingerprint density at radius 1 is 1.11 bits per heavy atom. The third-order valence-electron chi connectivity index (χ3n) is 5.69. The Morgan fingerprint density at radius 2 is 1.86 bits per heavy atom. The number of esters is 1. The molecule has 6 heteroatoms. The van der Waals surface area contributed by atoms with Gasteiger partial charge in [-0.1, -0.05) is 18.9 Å².